The lowest BCUT2D eigenvalue weighted by Crippen LogP contribution is -2.61. The van der Waals surface area contributed by atoms with E-state index in [1.165, 1.54) is 77.0 Å². The van der Waals surface area contributed by atoms with E-state index >= 15 is 0 Å². The molecule has 2 unspecified atom stereocenters. The predicted octanol–water partition coefficient (Wildman–Crippen LogP) is 3.99. The van der Waals surface area contributed by atoms with E-state index in [0.29, 0.717) is 24.9 Å². The van der Waals surface area contributed by atoms with Crippen molar-refractivity contribution < 1.29 is 4.79 Å². The van der Waals surface area contributed by atoms with Gasteiger partial charge < -0.3 is 15.5 Å². The van der Waals surface area contributed by atoms with Crippen molar-refractivity contribution in [2.24, 2.45) is 23.7 Å². The monoisotopic (exact) mass is 403 g/mol. The first-order valence-corrected chi connectivity index (χ1v) is 12.4. The second kappa shape index (κ2) is 7.77. The molecular formula is C23H37N3OS. The van der Waals surface area contributed by atoms with Crippen LogP contribution in [0.25, 0.3) is 0 Å². The van der Waals surface area contributed by atoms with Gasteiger partial charge in [-0.1, -0.05) is 12.8 Å². The molecule has 0 aromatic carbocycles. The lowest BCUT2D eigenvalue weighted by atomic mass is 9.53. The molecule has 2 atom stereocenters. The lowest BCUT2D eigenvalue weighted by Gasteiger charge is -2.57. The van der Waals surface area contributed by atoms with Crippen LogP contribution in [-0.2, 0) is 4.79 Å². The molecule has 6 rings (SSSR count). The zero-order valence-corrected chi connectivity index (χ0v) is 18.1. The maximum atomic E-state index is 12.9. The average Bonchev–Trinajstić information content (AvgIpc) is 2.66. The maximum Gasteiger partial charge on any atom is 0.224 e. The molecule has 4 nitrogen and oxygen atoms in total. The molecule has 0 aromatic rings. The number of amides is 1. The number of hydrogen-bond donors (Lipinski definition) is 2. The minimum atomic E-state index is 0.255. The summed E-state index contributed by atoms with van der Waals surface area (Å²) in [6.07, 6.45) is 16.5. The Kier molecular flexibility index (Phi) is 5.31. The number of likely N-dealkylation sites (tertiary alicyclic amines) is 1. The molecule has 0 radical (unpaired) electrons. The first kappa shape index (κ1) is 19.1. The van der Waals surface area contributed by atoms with Gasteiger partial charge >= 0.3 is 0 Å². The fraction of sp³-hybridized carbons (Fsp3) is 0.913. The number of rotatable bonds is 4. The number of nitrogens with one attached hydrogen (secondary N) is 2. The van der Waals surface area contributed by atoms with Gasteiger partial charge in [-0.05, 0) is 100 Å². The number of piperidine rings is 1. The number of hydrogen-bond acceptors (Lipinski definition) is 2. The molecule has 1 heterocycles. The summed E-state index contributed by atoms with van der Waals surface area (Å²) in [4.78, 5) is 15.1. The highest BCUT2D eigenvalue weighted by atomic mass is 32.1. The van der Waals surface area contributed by atoms with Crippen LogP contribution in [0, 0.1) is 23.7 Å². The van der Waals surface area contributed by atoms with Crippen LogP contribution in [0.2, 0.25) is 0 Å². The molecule has 6 aliphatic rings. The van der Waals surface area contributed by atoms with E-state index in [9.17, 15) is 4.79 Å². The molecule has 4 bridgehead atoms. The lowest BCUT2D eigenvalue weighted by molar-refractivity contribution is -0.137. The van der Waals surface area contributed by atoms with Crippen molar-refractivity contribution in [2.75, 3.05) is 13.1 Å². The topological polar surface area (TPSA) is 44.4 Å². The minimum Gasteiger partial charge on any atom is -0.362 e. The van der Waals surface area contributed by atoms with Crippen molar-refractivity contribution in [1.82, 2.24) is 15.5 Å². The summed E-state index contributed by atoms with van der Waals surface area (Å²) in [5, 5.41) is 7.87. The van der Waals surface area contributed by atoms with Gasteiger partial charge in [-0.15, -0.1) is 0 Å². The van der Waals surface area contributed by atoms with E-state index in [4.69, 9.17) is 12.2 Å². The van der Waals surface area contributed by atoms with Gasteiger partial charge in [0.05, 0.1) is 0 Å². The SMILES string of the molecule is O=C(CCNC(=S)NC12CC3CC(CC(C3)C1)C2)N1CCCC2CCCCC21. The Morgan fingerprint density at radius 2 is 1.61 bits per heavy atom. The van der Waals surface area contributed by atoms with Crippen molar-refractivity contribution in [1.29, 1.82) is 0 Å². The second-order valence-corrected chi connectivity index (χ2v) is 11.1. The highest BCUT2D eigenvalue weighted by molar-refractivity contribution is 7.80. The summed E-state index contributed by atoms with van der Waals surface area (Å²) in [5.41, 5.74) is 0.255. The van der Waals surface area contributed by atoms with Crippen LogP contribution in [0.5, 0.6) is 0 Å². The predicted molar refractivity (Wildman–Crippen MR) is 116 cm³/mol. The minimum absolute atomic E-state index is 0.255. The Hall–Kier alpha value is -0.840. The molecule has 0 aromatic heterocycles. The Bertz CT molecular complexity index is 584. The van der Waals surface area contributed by atoms with Crippen LogP contribution in [-0.4, -0.2) is 40.6 Å². The van der Waals surface area contributed by atoms with Crippen molar-refractivity contribution in [2.45, 2.75) is 95.1 Å². The molecule has 28 heavy (non-hydrogen) atoms. The van der Waals surface area contributed by atoms with Crippen molar-refractivity contribution in [3.63, 3.8) is 0 Å². The Labute approximate surface area is 175 Å². The molecular weight excluding hydrogens is 366 g/mol. The molecule has 6 fully saturated rings. The first-order valence-electron chi connectivity index (χ1n) is 12.0. The van der Waals surface area contributed by atoms with Crippen molar-refractivity contribution >= 4 is 23.2 Å². The van der Waals surface area contributed by atoms with Crippen molar-refractivity contribution in [3.05, 3.63) is 0 Å². The molecule has 5 saturated carbocycles. The number of carbonyl (C=O) groups excluding carboxylic acids is 1. The van der Waals surface area contributed by atoms with Gasteiger partial charge in [-0.25, -0.2) is 0 Å². The van der Waals surface area contributed by atoms with E-state index in [1.807, 2.05) is 0 Å². The van der Waals surface area contributed by atoms with Crippen LogP contribution < -0.4 is 10.6 Å². The summed E-state index contributed by atoms with van der Waals surface area (Å²) in [6.45, 7) is 1.64. The summed E-state index contributed by atoms with van der Waals surface area (Å²) in [7, 11) is 0. The fourth-order valence-corrected chi connectivity index (χ4v) is 8.23. The van der Waals surface area contributed by atoms with Crippen LogP contribution >= 0.6 is 12.2 Å². The van der Waals surface area contributed by atoms with Gasteiger partial charge in [0.2, 0.25) is 5.91 Å². The second-order valence-electron chi connectivity index (χ2n) is 10.7. The van der Waals surface area contributed by atoms with Crippen LogP contribution in [0.4, 0.5) is 0 Å². The van der Waals surface area contributed by atoms with E-state index in [0.717, 1.165) is 35.3 Å². The molecule has 1 saturated heterocycles. The van der Waals surface area contributed by atoms with Crippen LogP contribution in [0.15, 0.2) is 0 Å². The van der Waals surface area contributed by atoms with Crippen LogP contribution in [0.3, 0.4) is 0 Å². The molecule has 1 amide bonds. The molecule has 2 N–H and O–H groups in total. The maximum absolute atomic E-state index is 12.9. The van der Waals surface area contributed by atoms with Gasteiger partial charge in [-0.3, -0.25) is 4.79 Å². The molecule has 5 aliphatic carbocycles. The third-order valence-corrected chi connectivity index (χ3v) is 8.85. The summed E-state index contributed by atoms with van der Waals surface area (Å²) in [6, 6.07) is 0.520. The smallest absolute Gasteiger partial charge is 0.224 e. The van der Waals surface area contributed by atoms with E-state index in [2.05, 4.69) is 15.5 Å². The highest BCUT2D eigenvalue weighted by Gasteiger charge is 2.51. The van der Waals surface area contributed by atoms with Crippen molar-refractivity contribution in [3.8, 4) is 0 Å². The standard InChI is InChI=1S/C23H37N3OS/c27-21(26-9-3-5-19-4-1-2-6-20(19)26)7-8-24-22(28)25-23-13-16-10-17(14-23)12-18(11-16)15-23/h16-20H,1-15H2,(H2,24,25,28). The third kappa shape index (κ3) is 3.80. The summed E-state index contributed by atoms with van der Waals surface area (Å²) in [5.74, 6) is 3.86. The number of fused-ring (bicyclic) bond motifs is 1. The zero-order chi connectivity index (χ0) is 19.1. The van der Waals surface area contributed by atoms with Gasteiger partial charge in [0.1, 0.15) is 0 Å². The van der Waals surface area contributed by atoms with E-state index < -0.39 is 0 Å². The largest absolute Gasteiger partial charge is 0.362 e. The van der Waals surface area contributed by atoms with Gasteiger partial charge in [-0.2, -0.15) is 0 Å². The highest BCUT2D eigenvalue weighted by Crippen LogP contribution is 2.55. The normalized spacial score (nSPS) is 41.4. The molecule has 156 valence electrons. The summed E-state index contributed by atoms with van der Waals surface area (Å²) >= 11 is 5.64. The fourth-order valence-electron chi connectivity index (χ4n) is 7.91. The number of nitrogens with zero attached hydrogens (tertiary/aromatic N) is 1. The summed E-state index contributed by atoms with van der Waals surface area (Å²) < 4.78 is 0. The number of thiocarbonyl (C=S) groups is 1. The van der Waals surface area contributed by atoms with E-state index in [1.54, 1.807) is 0 Å². The van der Waals surface area contributed by atoms with E-state index in [-0.39, 0.29) is 5.54 Å². The zero-order valence-electron chi connectivity index (χ0n) is 17.3. The quantitative estimate of drug-likeness (QED) is 0.697. The molecule has 1 aliphatic heterocycles. The van der Waals surface area contributed by atoms with Gasteiger partial charge in [0.15, 0.2) is 5.11 Å². The van der Waals surface area contributed by atoms with Gasteiger partial charge in [0.25, 0.3) is 0 Å². The van der Waals surface area contributed by atoms with Crippen LogP contribution in [0.1, 0.15) is 83.5 Å². The number of carbonyl (C=O) groups is 1. The third-order valence-electron chi connectivity index (χ3n) is 8.60. The molecule has 0 spiro atoms. The Morgan fingerprint density at radius 3 is 2.32 bits per heavy atom. The Morgan fingerprint density at radius 1 is 0.964 bits per heavy atom. The first-order chi connectivity index (χ1) is 13.6. The van der Waals surface area contributed by atoms with Gasteiger partial charge in [0, 0.05) is 31.1 Å². The molecule has 5 heteroatoms. The Balaban J connectivity index is 1.09. The average molecular weight is 404 g/mol.